The van der Waals surface area contributed by atoms with E-state index >= 15 is 0 Å². The Morgan fingerprint density at radius 1 is 1.29 bits per heavy atom. The lowest BCUT2D eigenvalue weighted by molar-refractivity contribution is 0.223. The van der Waals surface area contributed by atoms with E-state index in [-0.39, 0.29) is 12.5 Å². The number of hydrogen-bond donors (Lipinski definition) is 1. The van der Waals surface area contributed by atoms with Gasteiger partial charge in [0.2, 0.25) is 0 Å². The minimum absolute atomic E-state index is 0.139. The lowest BCUT2D eigenvalue weighted by atomic mass is 9.95. The number of benzene rings is 1. The summed E-state index contributed by atoms with van der Waals surface area (Å²) in [4.78, 5) is 0. The van der Waals surface area contributed by atoms with Crippen molar-refractivity contribution in [1.29, 1.82) is 0 Å². The highest BCUT2D eigenvalue weighted by atomic mass is 79.9. The molecule has 0 saturated carbocycles. The third-order valence-electron chi connectivity index (χ3n) is 3.63. The summed E-state index contributed by atoms with van der Waals surface area (Å²) in [6.45, 7) is 4.90. The molecule has 0 saturated heterocycles. The Kier molecular flexibility index (Phi) is 5.85. The highest BCUT2D eigenvalue weighted by molar-refractivity contribution is 9.10. The minimum Gasteiger partial charge on any atom is -0.396 e. The molecule has 1 N–H and O–H groups in total. The third kappa shape index (κ3) is 4.09. The van der Waals surface area contributed by atoms with Crippen LogP contribution in [0.3, 0.4) is 0 Å². The van der Waals surface area contributed by atoms with E-state index in [1.54, 1.807) is 0 Å². The molecule has 0 radical (unpaired) electrons. The number of hydrogen-bond acceptors (Lipinski definition) is 2. The van der Waals surface area contributed by atoms with Gasteiger partial charge >= 0.3 is 0 Å². The molecule has 0 fully saturated rings. The van der Waals surface area contributed by atoms with Gasteiger partial charge in [-0.25, -0.2) is 0 Å². The lowest BCUT2D eigenvalue weighted by Gasteiger charge is -2.15. The van der Waals surface area contributed by atoms with Gasteiger partial charge in [0.05, 0.1) is 16.4 Å². The molecule has 2 aromatic rings. The van der Waals surface area contributed by atoms with Gasteiger partial charge in [0.1, 0.15) is 0 Å². The van der Waals surface area contributed by atoms with E-state index in [1.807, 2.05) is 23.7 Å². The average molecular weight is 372 g/mol. The second-order valence-corrected chi connectivity index (χ2v) is 6.54. The van der Waals surface area contributed by atoms with Gasteiger partial charge in [-0.15, -0.1) is 0 Å². The van der Waals surface area contributed by atoms with Crippen molar-refractivity contribution < 1.29 is 5.11 Å². The molecule has 1 unspecified atom stereocenters. The third-order valence-corrected chi connectivity index (χ3v) is 4.65. The van der Waals surface area contributed by atoms with Crippen LogP contribution in [0.2, 0.25) is 5.02 Å². The Hall–Kier alpha value is -0.840. The van der Waals surface area contributed by atoms with E-state index in [1.165, 1.54) is 5.56 Å². The van der Waals surface area contributed by atoms with Crippen LogP contribution in [0.4, 0.5) is 0 Å². The Balaban J connectivity index is 2.14. The van der Waals surface area contributed by atoms with Crippen molar-refractivity contribution in [1.82, 2.24) is 9.78 Å². The maximum atomic E-state index is 9.68. The molecule has 1 heterocycles. The summed E-state index contributed by atoms with van der Waals surface area (Å²) in [5.74, 6) is 0.144. The molecule has 0 aliphatic rings. The zero-order valence-corrected chi connectivity index (χ0v) is 14.7. The predicted molar refractivity (Wildman–Crippen MR) is 89.8 cm³/mol. The summed E-state index contributed by atoms with van der Waals surface area (Å²) in [6, 6.07) is 8.21. The molecule has 3 nitrogen and oxygen atoms in total. The molecule has 0 spiro atoms. The molecule has 114 valence electrons. The predicted octanol–water partition coefficient (Wildman–Crippen LogP) is 4.02. The Labute approximate surface area is 139 Å². The fourth-order valence-corrected chi connectivity index (χ4v) is 2.97. The van der Waals surface area contributed by atoms with Crippen LogP contribution in [0.25, 0.3) is 0 Å². The number of rotatable bonds is 6. The van der Waals surface area contributed by atoms with Gasteiger partial charge in [-0.05, 0) is 50.3 Å². The molecule has 1 atom stereocenters. The van der Waals surface area contributed by atoms with E-state index in [0.29, 0.717) is 0 Å². The van der Waals surface area contributed by atoms with E-state index in [0.717, 1.165) is 40.3 Å². The maximum absolute atomic E-state index is 9.68. The quantitative estimate of drug-likeness (QED) is 0.833. The minimum atomic E-state index is 0.139. The molecule has 0 bridgehead atoms. The van der Waals surface area contributed by atoms with Gasteiger partial charge in [0, 0.05) is 17.6 Å². The van der Waals surface area contributed by atoms with Crippen molar-refractivity contribution in [2.24, 2.45) is 5.92 Å². The van der Waals surface area contributed by atoms with Crippen LogP contribution in [0, 0.1) is 12.8 Å². The zero-order valence-electron chi connectivity index (χ0n) is 12.3. The van der Waals surface area contributed by atoms with Crippen LogP contribution < -0.4 is 0 Å². The van der Waals surface area contributed by atoms with Crippen molar-refractivity contribution in [3.05, 3.63) is 50.7 Å². The van der Waals surface area contributed by atoms with Gasteiger partial charge in [-0.1, -0.05) is 39.7 Å². The molecule has 1 aromatic carbocycles. The van der Waals surface area contributed by atoms with E-state index in [4.69, 9.17) is 11.6 Å². The standard InChI is InChI=1S/C16H20BrClN2O/c1-3-20-15(16(18)11(2)19-20)9-13(10-21)8-12-4-6-14(17)7-5-12/h4-7,13,21H,3,8-10H2,1-2H3. The molecule has 0 aliphatic carbocycles. The first-order valence-electron chi connectivity index (χ1n) is 7.12. The Bertz CT molecular complexity index is 595. The first kappa shape index (κ1) is 16.5. The van der Waals surface area contributed by atoms with Crippen molar-refractivity contribution in [2.75, 3.05) is 6.61 Å². The molecular weight excluding hydrogens is 352 g/mol. The van der Waals surface area contributed by atoms with Gasteiger partial charge in [-0.2, -0.15) is 5.10 Å². The highest BCUT2D eigenvalue weighted by Crippen LogP contribution is 2.24. The molecular formula is C16H20BrClN2O. The molecule has 5 heteroatoms. The summed E-state index contributed by atoms with van der Waals surface area (Å²) in [6.07, 6.45) is 1.56. The lowest BCUT2D eigenvalue weighted by Crippen LogP contribution is -2.16. The number of aryl methyl sites for hydroxylation is 2. The Morgan fingerprint density at radius 3 is 2.52 bits per heavy atom. The Morgan fingerprint density at radius 2 is 1.95 bits per heavy atom. The van der Waals surface area contributed by atoms with Crippen molar-refractivity contribution in [3.8, 4) is 0 Å². The van der Waals surface area contributed by atoms with Crippen LogP contribution in [0.1, 0.15) is 23.9 Å². The monoisotopic (exact) mass is 370 g/mol. The van der Waals surface area contributed by atoms with Gasteiger partial charge in [0.15, 0.2) is 0 Å². The summed E-state index contributed by atoms with van der Waals surface area (Å²) in [5, 5.41) is 14.8. The number of nitrogens with zero attached hydrogens (tertiary/aromatic N) is 2. The molecule has 21 heavy (non-hydrogen) atoms. The highest BCUT2D eigenvalue weighted by Gasteiger charge is 2.18. The van der Waals surface area contributed by atoms with Gasteiger partial charge < -0.3 is 5.11 Å². The first-order valence-corrected chi connectivity index (χ1v) is 8.29. The summed E-state index contributed by atoms with van der Waals surface area (Å²) >= 11 is 9.78. The molecule has 1 aromatic heterocycles. The maximum Gasteiger partial charge on any atom is 0.0847 e. The average Bonchev–Trinajstić information content (AvgIpc) is 2.76. The number of aliphatic hydroxyl groups is 1. The van der Waals surface area contributed by atoms with Crippen LogP contribution in [-0.2, 0) is 19.4 Å². The van der Waals surface area contributed by atoms with Crippen LogP contribution in [-0.4, -0.2) is 21.5 Å². The van der Waals surface area contributed by atoms with E-state index < -0.39 is 0 Å². The number of aliphatic hydroxyl groups excluding tert-OH is 1. The fourth-order valence-electron chi connectivity index (χ4n) is 2.49. The molecule has 0 amide bonds. The van der Waals surface area contributed by atoms with E-state index in [2.05, 4.69) is 40.1 Å². The van der Waals surface area contributed by atoms with Crippen LogP contribution >= 0.6 is 27.5 Å². The van der Waals surface area contributed by atoms with Crippen LogP contribution in [0.5, 0.6) is 0 Å². The summed E-state index contributed by atoms with van der Waals surface area (Å²) in [5.41, 5.74) is 3.09. The zero-order chi connectivity index (χ0) is 15.4. The number of aromatic nitrogens is 2. The number of halogens is 2. The van der Waals surface area contributed by atoms with E-state index in [9.17, 15) is 5.11 Å². The molecule has 2 rings (SSSR count). The van der Waals surface area contributed by atoms with Gasteiger partial charge in [-0.3, -0.25) is 4.68 Å². The SMILES string of the molecule is CCn1nc(C)c(Cl)c1CC(CO)Cc1ccc(Br)cc1. The van der Waals surface area contributed by atoms with Crippen molar-refractivity contribution >= 4 is 27.5 Å². The fraction of sp³-hybridized carbons (Fsp3) is 0.438. The topological polar surface area (TPSA) is 38.0 Å². The van der Waals surface area contributed by atoms with Crippen molar-refractivity contribution in [3.63, 3.8) is 0 Å². The second-order valence-electron chi connectivity index (χ2n) is 5.25. The smallest absolute Gasteiger partial charge is 0.0847 e. The first-order chi connectivity index (χ1) is 10.0. The molecule has 0 aliphatic heterocycles. The van der Waals surface area contributed by atoms with Crippen molar-refractivity contribution in [2.45, 2.75) is 33.2 Å². The summed E-state index contributed by atoms with van der Waals surface area (Å²) in [7, 11) is 0. The van der Waals surface area contributed by atoms with Gasteiger partial charge in [0.25, 0.3) is 0 Å². The summed E-state index contributed by atoms with van der Waals surface area (Å²) < 4.78 is 3.00. The second kappa shape index (κ2) is 7.43. The van der Waals surface area contributed by atoms with Crippen LogP contribution in [0.15, 0.2) is 28.7 Å². The largest absolute Gasteiger partial charge is 0.396 e. The normalized spacial score (nSPS) is 12.6.